The Balaban J connectivity index is 2.37. The minimum Gasteiger partial charge on any atom is -0.382 e. The third-order valence-corrected chi connectivity index (χ3v) is 3.33. The lowest BCUT2D eigenvalue weighted by molar-refractivity contribution is -0.141. The molecule has 5 heteroatoms. The van der Waals surface area contributed by atoms with Crippen molar-refractivity contribution in [1.29, 1.82) is 0 Å². The van der Waals surface area contributed by atoms with Crippen LogP contribution in [0.2, 0.25) is 0 Å². The molecule has 100 valence electrons. The molecule has 1 heterocycles. The van der Waals surface area contributed by atoms with Crippen LogP contribution in [0.5, 0.6) is 0 Å². The molecule has 0 aromatic heterocycles. The van der Waals surface area contributed by atoms with Gasteiger partial charge in [-0.25, -0.2) is 0 Å². The number of likely N-dealkylation sites (tertiary alicyclic amines) is 1. The summed E-state index contributed by atoms with van der Waals surface area (Å²) in [5, 5.41) is 0. The van der Waals surface area contributed by atoms with Crippen molar-refractivity contribution in [3.05, 3.63) is 0 Å². The van der Waals surface area contributed by atoms with Gasteiger partial charge >= 0.3 is 0 Å². The number of ether oxygens (including phenoxy) is 2. The summed E-state index contributed by atoms with van der Waals surface area (Å²) >= 11 is 0. The Morgan fingerprint density at radius 1 is 1.47 bits per heavy atom. The zero-order valence-electron chi connectivity index (χ0n) is 10.9. The zero-order valence-corrected chi connectivity index (χ0v) is 10.9. The van der Waals surface area contributed by atoms with E-state index in [1.165, 1.54) is 0 Å². The number of hydrogen-bond acceptors (Lipinski definition) is 4. The Morgan fingerprint density at radius 3 is 2.88 bits per heavy atom. The number of carbonyl (C=O) groups is 1. The SMILES string of the molecule is COCCOCC(=O)N1CCCC(C)C1CN. The minimum absolute atomic E-state index is 0.0445. The van der Waals surface area contributed by atoms with E-state index in [1.807, 2.05) is 4.90 Å². The van der Waals surface area contributed by atoms with Gasteiger partial charge in [0.05, 0.1) is 13.2 Å². The van der Waals surface area contributed by atoms with Crippen LogP contribution in [0.4, 0.5) is 0 Å². The Labute approximate surface area is 103 Å². The third kappa shape index (κ3) is 4.26. The molecular formula is C12H24N2O3. The fourth-order valence-electron chi connectivity index (χ4n) is 2.30. The fourth-order valence-corrected chi connectivity index (χ4v) is 2.30. The van der Waals surface area contributed by atoms with Gasteiger partial charge in [-0.05, 0) is 18.8 Å². The first-order valence-corrected chi connectivity index (χ1v) is 6.27. The molecule has 1 fully saturated rings. The molecule has 0 aromatic rings. The Kier molecular flexibility index (Phi) is 6.47. The highest BCUT2D eigenvalue weighted by atomic mass is 16.5. The van der Waals surface area contributed by atoms with Crippen LogP contribution in [0.15, 0.2) is 0 Å². The average Bonchev–Trinajstić information content (AvgIpc) is 2.34. The van der Waals surface area contributed by atoms with Gasteiger partial charge in [-0.1, -0.05) is 6.92 Å². The van der Waals surface area contributed by atoms with Gasteiger partial charge in [-0.3, -0.25) is 4.79 Å². The highest BCUT2D eigenvalue weighted by molar-refractivity contribution is 5.78. The van der Waals surface area contributed by atoms with Crippen LogP contribution < -0.4 is 5.73 Å². The van der Waals surface area contributed by atoms with Gasteiger partial charge in [-0.15, -0.1) is 0 Å². The lowest BCUT2D eigenvalue weighted by Gasteiger charge is -2.39. The van der Waals surface area contributed by atoms with E-state index in [0.29, 0.717) is 25.7 Å². The van der Waals surface area contributed by atoms with Gasteiger partial charge in [-0.2, -0.15) is 0 Å². The van der Waals surface area contributed by atoms with Crippen molar-refractivity contribution >= 4 is 5.91 Å². The van der Waals surface area contributed by atoms with Gasteiger partial charge in [0.15, 0.2) is 0 Å². The van der Waals surface area contributed by atoms with Crippen molar-refractivity contribution in [3.8, 4) is 0 Å². The van der Waals surface area contributed by atoms with Gasteiger partial charge in [0.2, 0.25) is 5.91 Å². The normalized spacial score (nSPS) is 25.0. The van der Waals surface area contributed by atoms with E-state index in [2.05, 4.69) is 6.92 Å². The second-order valence-electron chi connectivity index (χ2n) is 4.56. The molecule has 0 aliphatic carbocycles. The zero-order chi connectivity index (χ0) is 12.7. The van der Waals surface area contributed by atoms with Crippen molar-refractivity contribution in [2.45, 2.75) is 25.8 Å². The number of nitrogens with two attached hydrogens (primary N) is 1. The number of hydrogen-bond donors (Lipinski definition) is 1. The largest absolute Gasteiger partial charge is 0.382 e. The Morgan fingerprint density at radius 2 is 2.24 bits per heavy atom. The molecular weight excluding hydrogens is 220 g/mol. The summed E-state index contributed by atoms with van der Waals surface area (Å²) in [4.78, 5) is 13.9. The van der Waals surface area contributed by atoms with Gasteiger partial charge in [0.25, 0.3) is 0 Å². The molecule has 1 aliphatic heterocycles. The first-order valence-electron chi connectivity index (χ1n) is 6.27. The van der Waals surface area contributed by atoms with Crippen molar-refractivity contribution in [1.82, 2.24) is 4.90 Å². The first-order chi connectivity index (χ1) is 8.20. The summed E-state index contributed by atoms with van der Waals surface area (Å²) < 4.78 is 10.1. The summed E-state index contributed by atoms with van der Waals surface area (Å²) in [5.41, 5.74) is 5.74. The molecule has 5 nitrogen and oxygen atoms in total. The topological polar surface area (TPSA) is 64.8 Å². The number of amides is 1. The van der Waals surface area contributed by atoms with Gasteiger partial charge in [0.1, 0.15) is 6.61 Å². The predicted molar refractivity (Wildman–Crippen MR) is 65.6 cm³/mol. The van der Waals surface area contributed by atoms with Gasteiger partial charge in [0, 0.05) is 26.2 Å². The highest BCUT2D eigenvalue weighted by Crippen LogP contribution is 2.22. The lowest BCUT2D eigenvalue weighted by atomic mass is 9.91. The second-order valence-corrected chi connectivity index (χ2v) is 4.56. The van der Waals surface area contributed by atoms with Crippen LogP contribution in [0, 0.1) is 5.92 Å². The molecule has 2 unspecified atom stereocenters. The van der Waals surface area contributed by atoms with Crippen LogP contribution in [-0.4, -0.2) is 56.9 Å². The standard InChI is InChI=1S/C12H24N2O3/c1-10-4-3-5-14(11(10)8-13)12(15)9-17-7-6-16-2/h10-11H,3-9,13H2,1-2H3. The maximum atomic E-state index is 12.0. The molecule has 2 N–H and O–H groups in total. The number of rotatable bonds is 6. The average molecular weight is 244 g/mol. The monoisotopic (exact) mass is 244 g/mol. The summed E-state index contributed by atoms with van der Waals surface area (Å²) in [6, 6.07) is 0.169. The predicted octanol–water partition coefficient (Wildman–Crippen LogP) is 0.235. The molecule has 1 saturated heterocycles. The number of methoxy groups -OCH3 is 1. The Bertz CT molecular complexity index is 236. The minimum atomic E-state index is 0.0445. The van der Waals surface area contributed by atoms with Crippen molar-refractivity contribution in [2.75, 3.05) is 40.0 Å². The molecule has 17 heavy (non-hydrogen) atoms. The molecule has 0 saturated carbocycles. The first kappa shape index (κ1) is 14.4. The van der Waals surface area contributed by atoms with Crippen LogP contribution in [0.25, 0.3) is 0 Å². The number of piperidine rings is 1. The molecule has 0 bridgehead atoms. The van der Waals surface area contributed by atoms with Crippen molar-refractivity contribution in [3.63, 3.8) is 0 Å². The van der Waals surface area contributed by atoms with Crippen LogP contribution in [0.3, 0.4) is 0 Å². The number of carbonyl (C=O) groups excluding carboxylic acids is 1. The molecule has 1 aliphatic rings. The van der Waals surface area contributed by atoms with E-state index in [9.17, 15) is 4.79 Å². The van der Waals surface area contributed by atoms with Crippen LogP contribution in [0.1, 0.15) is 19.8 Å². The van der Waals surface area contributed by atoms with E-state index in [4.69, 9.17) is 15.2 Å². The van der Waals surface area contributed by atoms with Gasteiger partial charge < -0.3 is 20.1 Å². The highest BCUT2D eigenvalue weighted by Gasteiger charge is 2.30. The quantitative estimate of drug-likeness (QED) is 0.680. The van der Waals surface area contributed by atoms with E-state index >= 15 is 0 Å². The molecule has 0 radical (unpaired) electrons. The fraction of sp³-hybridized carbons (Fsp3) is 0.917. The van der Waals surface area contributed by atoms with Crippen LogP contribution >= 0.6 is 0 Å². The van der Waals surface area contributed by atoms with E-state index < -0.39 is 0 Å². The summed E-state index contributed by atoms with van der Waals surface area (Å²) in [7, 11) is 1.61. The molecule has 1 amide bonds. The molecule has 1 rings (SSSR count). The molecule has 2 atom stereocenters. The van der Waals surface area contributed by atoms with E-state index in [-0.39, 0.29) is 18.6 Å². The summed E-state index contributed by atoms with van der Waals surface area (Å²) in [6.07, 6.45) is 2.21. The smallest absolute Gasteiger partial charge is 0.248 e. The third-order valence-electron chi connectivity index (χ3n) is 3.33. The number of nitrogens with zero attached hydrogens (tertiary/aromatic N) is 1. The van der Waals surface area contributed by atoms with Crippen LogP contribution in [-0.2, 0) is 14.3 Å². The van der Waals surface area contributed by atoms with Crippen molar-refractivity contribution < 1.29 is 14.3 Å². The van der Waals surface area contributed by atoms with E-state index in [1.54, 1.807) is 7.11 Å². The van der Waals surface area contributed by atoms with E-state index in [0.717, 1.165) is 19.4 Å². The summed E-state index contributed by atoms with van der Waals surface area (Å²) in [5.74, 6) is 0.528. The molecule has 0 spiro atoms. The lowest BCUT2D eigenvalue weighted by Crippen LogP contribution is -2.52. The Hall–Kier alpha value is -0.650. The summed E-state index contributed by atoms with van der Waals surface area (Å²) in [6.45, 7) is 4.60. The molecule has 0 aromatic carbocycles. The maximum Gasteiger partial charge on any atom is 0.248 e. The van der Waals surface area contributed by atoms with Crippen molar-refractivity contribution in [2.24, 2.45) is 11.7 Å². The second kappa shape index (κ2) is 7.63. The maximum absolute atomic E-state index is 12.0.